The van der Waals surface area contributed by atoms with Crippen LogP contribution >= 0.6 is 0 Å². The fourth-order valence-corrected chi connectivity index (χ4v) is 5.63. The molecule has 3 aromatic heterocycles. The first-order chi connectivity index (χ1) is 17.6. The van der Waals surface area contributed by atoms with Gasteiger partial charge in [-0.2, -0.15) is 10.2 Å². The maximum Gasteiger partial charge on any atom is 0.159 e. The summed E-state index contributed by atoms with van der Waals surface area (Å²) in [6.07, 6.45) is 15.3. The second-order valence-electron chi connectivity index (χ2n) is 10.2. The molecule has 2 aliphatic heterocycles. The minimum atomic E-state index is 0.401. The molecule has 4 aromatic rings. The number of benzene rings is 1. The predicted molar refractivity (Wildman–Crippen MR) is 139 cm³/mol. The minimum Gasteiger partial charge on any atom is -0.381 e. The van der Waals surface area contributed by atoms with Gasteiger partial charge in [-0.1, -0.05) is 25.1 Å². The molecule has 5 heterocycles. The van der Waals surface area contributed by atoms with Crippen molar-refractivity contribution in [2.75, 3.05) is 26.3 Å². The van der Waals surface area contributed by atoms with E-state index in [0.717, 1.165) is 60.4 Å². The molecule has 0 bridgehead atoms. The normalized spacial score (nSPS) is 23.1. The van der Waals surface area contributed by atoms with E-state index < -0.39 is 0 Å². The number of nitrogens with zero attached hydrogens (tertiary/aromatic N) is 7. The Labute approximate surface area is 211 Å². The van der Waals surface area contributed by atoms with Crippen molar-refractivity contribution in [3.8, 4) is 33.6 Å². The van der Waals surface area contributed by atoms with Crippen LogP contribution in [-0.2, 0) is 11.8 Å². The quantitative estimate of drug-likeness (QED) is 0.417. The fourth-order valence-electron chi connectivity index (χ4n) is 5.63. The summed E-state index contributed by atoms with van der Waals surface area (Å²) in [5.74, 6) is 1.30. The highest BCUT2D eigenvalue weighted by molar-refractivity contribution is 5.70. The Morgan fingerprint density at radius 3 is 2.50 bits per heavy atom. The van der Waals surface area contributed by atoms with Crippen LogP contribution in [0.25, 0.3) is 33.6 Å². The van der Waals surface area contributed by atoms with Crippen molar-refractivity contribution in [2.24, 2.45) is 13.0 Å². The van der Waals surface area contributed by atoms with Gasteiger partial charge < -0.3 is 4.74 Å². The molecule has 6 rings (SSSR count). The van der Waals surface area contributed by atoms with Gasteiger partial charge in [-0.3, -0.25) is 14.3 Å². The number of aromatic nitrogens is 6. The average Bonchev–Trinajstić information content (AvgIpc) is 3.59. The summed E-state index contributed by atoms with van der Waals surface area (Å²) in [6, 6.07) is 9.29. The van der Waals surface area contributed by atoms with Crippen LogP contribution in [0.1, 0.15) is 32.2 Å². The van der Waals surface area contributed by atoms with E-state index in [1.807, 2.05) is 54.8 Å². The Kier molecular flexibility index (Phi) is 6.37. The van der Waals surface area contributed by atoms with Crippen molar-refractivity contribution in [1.29, 1.82) is 0 Å². The van der Waals surface area contributed by atoms with Crippen molar-refractivity contribution in [1.82, 2.24) is 34.4 Å². The van der Waals surface area contributed by atoms with Crippen LogP contribution in [0.5, 0.6) is 0 Å². The Bertz CT molecular complexity index is 1310. The summed E-state index contributed by atoms with van der Waals surface area (Å²) in [4.78, 5) is 12.0. The number of hydrogen-bond acceptors (Lipinski definition) is 6. The van der Waals surface area contributed by atoms with Crippen molar-refractivity contribution in [3.63, 3.8) is 0 Å². The van der Waals surface area contributed by atoms with Gasteiger partial charge >= 0.3 is 0 Å². The van der Waals surface area contributed by atoms with Crippen molar-refractivity contribution >= 4 is 0 Å². The Hall–Kier alpha value is -3.36. The molecule has 2 fully saturated rings. The molecule has 8 heteroatoms. The van der Waals surface area contributed by atoms with Gasteiger partial charge in [-0.25, -0.2) is 9.97 Å². The summed E-state index contributed by atoms with van der Waals surface area (Å²) in [6.45, 7) is 6.31. The van der Waals surface area contributed by atoms with Gasteiger partial charge in [-0.05, 0) is 43.4 Å². The van der Waals surface area contributed by atoms with Crippen LogP contribution in [-0.4, -0.2) is 66.8 Å². The SMILES string of the molecule is CC1COCCC1N1CCC[C@@H](n2cc(-c3cnc(-c4cccc(-c5cnn(C)c5)c4)nc3)cn2)C1. The number of aryl methyl sites for hydroxylation is 1. The van der Waals surface area contributed by atoms with E-state index >= 15 is 0 Å². The van der Waals surface area contributed by atoms with E-state index in [1.165, 1.54) is 13.0 Å². The first-order valence-electron chi connectivity index (χ1n) is 12.9. The third-order valence-corrected chi connectivity index (χ3v) is 7.61. The van der Waals surface area contributed by atoms with Crippen LogP contribution in [0.15, 0.2) is 61.4 Å². The Morgan fingerprint density at radius 2 is 1.69 bits per heavy atom. The molecular formula is C28H33N7O. The second kappa shape index (κ2) is 9.95. The zero-order chi connectivity index (χ0) is 24.5. The first-order valence-corrected chi connectivity index (χ1v) is 12.9. The minimum absolute atomic E-state index is 0.401. The summed E-state index contributed by atoms with van der Waals surface area (Å²) < 4.78 is 9.63. The highest BCUT2D eigenvalue weighted by atomic mass is 16.5. The van der Waals surface area contributed by atoms with E-state index in [-0.39, 0.29) is 0 Å². The summed E-state index contributed by atoms with van der Waals surface area (Å²) >= 11 is 0. The number of hydrogen-bond donors (Lipinski definition) is 0. The molecule has 3 atom stereocenters. The molecule has 1 aromatic carbocycles. The standard InChI is InChI=1S/C28H33N7O/c1-20-19-36-10-8-27(20)34-9-4-7-26(18-34)35-17-25(15-32-35)23-12-29-28(30-13-23)22-6-3-5-21(11-22)24-14-31-33(2)16-24/h3,5-6,11-17,20,26-27H,4,7-10,18-19H2,1-2H3/t20?,26-,27?/m1/s1. The molecule has 2 saturated heterocycles. The number of rotatable bonds is 5. The summed E-state index contributed by atoms with van der Waals surface area (Å²) in [5.41, 5.74) is 5.21. The van der Waals surface area contributed by atoms with Crippen molar-refractivity contribution < 1.29 is 4.74 Å². The number of piperidine rings is 1. The molecule has 0 saturated carbocycles. The highest BCUT2D eigenvalue weighted by Gasteiger charge is 2.32. The monoisotopic (exact) mass is 483 g/mol. The first kappa shape index (κ1) is 23.1. The Balaban J connectivity index is 1.16. The third-order valence-electron chi connectivity index (χ3n) is 7.61. The van der Waals surface area contributed by atoms with E-state index in [4.69, 9.17) is 9.84 Å². The molecule has 0 aliphatic carbocycles. The van der Waals surface area contributed by atoms with Gasteiger partial charge in [0.25, 0.3) is 0 Å². The highest BCUT2D eigenvalue weighted by Crippen LogP contribution is 2.30. The van der Waals surface area contributed by atoms with Crippen LogP contribution in [0, 0.1) is 5.92 Å². The lowest BCUT2D eigenvalue weighted by Crippen LogP contribution is -2.49. The van der Waals surface area contributed by atoms with E-state index in [2.05, 4.69) is 49.9 Å². The second-order valence-corrected chi connectivity index (χ2v) is 10.2. The fraction of sp³-hybridized carbons (Fsp3) is 0.429. The van der Waals surface area contributed by atoms with Crippen molar-refractivity contribution in [2.45, 2.75) is 38.3 Å². The van der Waals surface area contributed by atoms with E-state index in [1.54, 1.807) is 0 Å². The Morgan fingerprint density at radius 1 is 0.889 bits per heavy atom. The maximum absolute atomic E-state index is 5.67. The van der Waals surface area contributed by atoms with Crippen LogP contribution in [0.2, 0.25) is 0 Å². The molecule has 0 spiro atoms. The number of likely N-dealkylation sites (tertiary alicyclic amines) is 1. The molecule has 36 heavy (non-hydrogen) atoms. The van der Waals surface area contributed by atoms with Gasteiger partial charge in [-0.15, -0.1) is 0 Å². The zero-order valence-electron chi connectivity index (χ0n) is 21.0. The average molecular weight is 484 g/mol. The summed E-state index contributed by atoms with van der Waals surface area (Å²) in [7, 11) is 1.92. The molecule has 0 amide bonds. The lowest BCUT2D eigenvalue weighted by atomic mass is 9.93. The molecule has 186 valence electrons. The largest absolute Gasteiger partial charge is 0.381 e. The van der Waals surface area contributed by atoms with Gasteiger partial charge in [0, 0.05) is 73.3 Å². The molecule has 0 radical (unpaired) electrons. The predicted octanol–water partition coefficient (Wildman–Crippen LogP) is 4.47. The molecular weight excluding hydrogens is 450 g/mol. The van der Waals surface area contributed by atoms with Gasteiger partial charge in [0.05, 0.1) is 25.0 Å². The molecule has 0 N–H and O–H groups in total. The van der Waals surface area contributed by atoms with Gasteiger partial charge in [0.2, 0.25) is 0 Å². The maximum atomic E-state index is 5.67. The lowest BCUT2D eigenvalue weighted by Gasteiger charge is -2.42. The smallest absolute Gasteiger partial charge is 0.159 e. The van der Waals surface area contributed by atoms with Crippen LogP contribution in [0.4, 0.5) is 0 Å². The molecule has 8 nitrogen and oxygen atoms in total. The van der Waals surface area contributed by atoms with Gasteiger partial charge in [0.15, 0.2) is 5.82 Å². The molecule has 2 unspecified atom stereocenters. The lowest BCUT2D eigenvalue weighted by molar-refractivity contribution is -0.0188. The molecule has 2 aliphatic rings. The van der Waals surface area contributed by atoms with Crippen LogP contribution in [0.3, 0.4) is 0 Å². The zero-order valence-corrected chi connectivity index (χ0v) is 21.0. The third kappa shape index (κ3) is 4.70. The van der Waals surface area contributed by atoms with Crippen LogP contribution < -0.4 is 0 Å². The summed E-state index contributed by atoms with van der Waals surface area (Å²) in [5, 5.41) is 9.02. The number of ether oxygens (including phenoxy) is 1. The van der Waals surface area contributed by atoms with E-state index in [0.29, 0.717) is 23.8 Å². The van der Waals surface area contributed by atoms with Gasteiger partial charge in [0.1, 0.15) is 0 Å². The topological polar surface area (TPSA) is 73.9 Å². The van der Waals surface area contributed by atoms with Crippen molar-refractivity contribution in [3.05, 3.63) is 61.4 Å². The van der Waals surface area contributed by atoms with E-state index in [9.17, 15) is 0 Å².